The van der Waals surface area contributed by atoms with Crippen molar-refractivity contribution in [3.63, 3.8) is 0 Å². The Morgan fingerprint density at radius 2 is 2.04 bits per heavy atom. The van der Waals surface area contributed by atoms with Crippen molar-refractivity contribution in [1.29, 1.82) is 0 Å². The van der Waals surface area contributed by atoms with Gasteiger partial charge in [0.05, 0.1) is 6.54 Å². The maximum Gasteiger partial charge on any atom is 0.315 e. The van der Waals surface area contributed by atoms with Crippen LogP contribution in [0.4, 0.5) is 4.79 Å². The summed E-state index contributed by atoms with van der Waals surface area (Å²) in [5.74, 6) is 0.689. The van der Waals surface area contributed by atoms with E-state index in [1.54, 1.807) is 23.2 Å². The molecule has 3 rings (SSSR count). The van der Waals surface area contributed by atoms with Crippen LogP contribution in [0, 0.1) is 0 Å². The van der Waals surface area contributed by atoms with Crippen LogP contribution in [0.5, 0.6) is 0 Å². The summed E-state index contributed by atoms with van der Waals surface area (Å²) in [6, 6.07) is 6.68. The first-order chi connectivity index (χ1) is 13.0. The molecule has 0 spiro atoms. The summed E-state index contributed by atoms with van der Waals surface area (Å²) in [4.78, 5) is 30.7. The van der Waals surface area contributed by atoms with E-state index < -0.39 is 0 Å². The maximum atomic E-state index is 12.6. The van der Waals surface area contributed by atoms with E-state index in [1.807, 2.05) is 29.9 Å². The highest BCUT2D eigenvalue weighted by Gasteiger charge is 2.30. The van der Waals surface area contributed by atoms with Crippen LogP contribution in [-0.2, 0) is 18.4 Å². The first-order valence-corrected chi connectivity index (χ1v) is 9.16. The first kappa shape index (κ1) is 22.0. The molecule has 1 atom stereocenters. The monoisotopic (exact) mass is 426 g/mol. The Hall–Kier alpha value is -2.29. The average Bonchev–Trinajstić information content (AvgIpc) is 3.11. The molecule has 1 aliphatic heterocycles. The van der Waals surface area contributed by atoms with Crippen LogP contribution in [-0.4, -0.2) is 52.6 Å². The Balaban J connectivity index is 0.00000280. The van der Waals surface area contributed by atoms with E-state index in [1.165, 1.54) is 0 Å². The number of piperazine rings is 1. The number of imidazole rings is 1. The molecule has 2 heterocycles. The molecular weight excluding hydrogens is 403 g/mol. The van der Waals surface area contributed by atoms with Gasteiger partial charge in [-0.2, -0.15) is 0 Å². The van der Waals surface area contributed by atoms with Gasteiger partial charge in [-0.25, -0.2) is 9.78 Å². The quantitative estimate of drug-likeness (QED) is 0.674. The number of rotatable bonds is 5. The molecule has 10 heteroatoms. The number of hydrogen-bond acceptors (Lipinski definition) is 4. The Morgan fingerprint density at radius 1 is 1.29 bits per heavy atom. The van der Waals surface area contributed by atoms with E-state index in [9.17, 15) is 9.59 Å². The number of hydrogen-bond donors (Lipinski definition) is 3. The first-order valence-electron chi connectivity index (χ1n) is 8.78. The lowest BCUT2D eigenvalue weighted by molar-refractivity contribution is -0.133. The van der Waals surface area contributed by atoms with E-state index in [-0.39, 0.29) is 36.9 Å². The summed E-state index contributed by atoms with van der Waals surface area (Å²) >= 11 is 5.84. The summed E-state index contributed by atoms with van der Waals surface area (Å²) in [6.45, 7) is 2.23. The third-order valence-electron chi connectivity index (χ3n) is 4.49. The van der Waals surface area contributed by atoms with Crippen molar-refractivity contribution in [3.8, 4) is 0 Å². The average molecular weight is 427 g/mol. The minimum Gasteiger partial charge on any atom is -0.336 e. The number of aromatic nitrogens is 2. The second-order valence-corrected chi connectivity index (χ2v) is 6.80. The smallest absolute Gasteiger partial charge is 0.315 e. The van der Waals surface area contributed by atoms with Gasteiger partial charge in [-0.05, 0) is 17.7 Å². The molecule has 1 fully saturated rings. The van der Waals surface area contributed by atoms with Crippen molar-refractivity contribution in [2.45, 2.75) is 12.6 Å². The van der Waals surface area contributed by atoms with Gasteiger partial charge in [0, 0.05) is 50.6 Å². The molecule has 1 unspecified atom stereocenters. The summed E-state index contributed by atoms with van der Waals surface area (Å²) < 4.78 is 1.91. The minimum atomic E-state index is -0.387. The summed E-state index contributed by atoms with van der Waals surface area (Å²) in [7, 11) is 1.90. The molecule has 3 amide bonds. The molecule has 1 aromatic heterocycles. The highest BCUT2D eigenvalue weighted by molar-refractivity contribution is 6.30. The molecule has 152 valence electrons. The van der Waals surface area contributed by atoms with Gasteiger partial charge in [0.25, 0.3) is 0 Å². The van der Waals surface area contributed by atoms with Gasteiger partial charge in [-0.3, -0.25) is 4.79 Å². The third-order valence-corrected chi connectivity index (χ3v) is 4.74. The molecule has 1 saturated heterocycles. The number of carbonyl (C=O) groups is 2. The van der Waals surface area contributed by atoms with Gasteiger partial charge in [0.1, 0.15) is 11.9 Å². The maximum absolute atomic E-state index is 12.6. The molecule has 3 N–H and O–H groups in total. The molecule has 1 aliphatic rings. The number of benzene rings is 1. The lowest BCUT2D eigenvalue weighted by Gasteiger charge is -2.35. The van der Waals surface area contributed by atoms with Crippen LogP contribution >= 0.6 is 24.0 Å². The SMILES string of the molecule is Cl.Cn1ccnc1C1CNCCN1C(=O)CNC(=O)NCc1ccc(Cl)cc1. The van der Waals surface area contributed by atoms with E-state index >= 15 is 0 Å². The zero-order valence-electron chi connectivity index (χ0n) is 15.5. The van der Waals surface area contributed by atoms with Crippen molar-refractivity contribution < 1.29 is 9.59 Å². The number of aryl methyl sites for hydroxylation is 1. The number of carbonyl (C=O) groups excluding carboxylic acids is 2. The molecular formula is C18H24Cl2N6O2. The zero-order valence-corrected chi connectivity index (χ0v) is 17.1. The van der Waals surface area contributed by atoms with Crippen molar-refractivity contribution in [2.24, 2.45) is 7.05 Å². The number of halogens is 2. The standard InChI is InChI=1S/C18H23ClN6O2.ClH/c1-24-8-7-21-17(24)15-11-20-6-9-25(15)16(26)12-23-18(27)22-10-13-2-4-14(19)5-3-13;/h2-5,7-8,15,20H,6,9-12H2,1H3,(H2,22,23,27);1H. The van der Waals surface area contributed by atoms with Crippen molar-refractivity contribution in [2.75, 3.05) is 26.2 Å². The summed E-state index contributed by atoms with van der Waals surface area (Å²) in [5, 5.41) is 9.29. The van der Waals surface area contributed by atoms with Crippen LogP contribution in [0.15, 0.2) is 36.7 Å². The van der Waals surface area contributed by atoms with Crippen molar-refractivity contribution in [3.05, 3.63) is 53.1 Å². The highest BCUT2D eigenvalue weighted by Crippen LogP contribution is 2.20. The molecule has 28 heavy (non-hydrogen) atoms. The third kappa shape index (κ3) is 5.60. The highest BCUT2D eigenvalue weighted by atomic mass is 35.5. The molecule has 8 nitrogen and oxygen atoms in total. The molecule has 1 aromatic carbocycles. The van der Waals surface area contributed by atoms with Gasteiger partial charge in [0.15, 0.2) is 0 Å². The molecule has 0 radical (unpaired) electrons. The summed E-state index contributed by atoms with van der Waals surface area (Å²) in [6.07, 6.45) is 3.57. The van der Waals surface area contributed by atoms with E-state index in [0.717, 1.165) is 17.9 Å². The molecule has 0 bridgehead atoms. The van der Waals surface area contributed by atoms with Crippen LogP contribution in [0.1, 0.15) is 17.4 Å². The topological polar surface area (TPSA) is 91.3 Å². The van der Waals surface area contributed by atoms with Crippen LogP contribution < -0.4 is 16.0 Å². The molecule has 0 saturated carbocycles. The Labute approximate surface area is 175 Å². The van der Waals surface area contributed by atoms with Crippen LogP contribution in [0.25, 0.3) is 0 Å². The Morgan fingerprint density at radius 3 is 2.71 bits per heavy atom. The van der Waals surface area contributed by atoms with Gasteiger partial charge < -0.3 is 25.4 Å². The van der Waals surface area contributed by atoms with Crippen LogP contribution in [0.2, 0.25) is 5.02 Å². The minimum absolute atomic E-state index is 0. The van der Waals surface area contributed by atoms with E-state index in [0.29, 0.717) is 24.7 Å². The van der Waals surface area contributed by atoms with Gasteiger partial charge in [0.2, 0.25) is 5.91 Å². The number of nitrogens with zero attached hydrogens (tertiary/aromatic N) is 3. The van der Waals surface area contributed by atoms with Crippen molar-refractivity contribution in [1.82, 2.24) is 30.4 Å². The normalized spacial score (nSPS) is 16.2. The lowest BCUT2D eigenvalue weighted by Crippen LogP contribution is -2.52. The van der Waals surface area contributed by atoms with E-state index in [4.69, 9.17) is 11.6 Å². The second-order valence-electron chi connectivity index (χ2n) is 6.37. The van der Waals surface area contributed by atoms with Gasteiger partial charge in [-0.15, -0.1) is 12.4 Å². The Bertz CT molecular complexity index is 796. The number of nitrogens with one attached hydrogen (secondary N) is 3. The summed E-state index contributed by atoms with van der Waals surface area (Å²) in [5.41, 5.74) is 0.929. The predicted molar refractivity (Wildman–Crippen MR) is 109 cm³/mol. The fourth-order valence-electron chi connectivity index (χ4n) is 3.04. The fourth-order valence-corrected chi connectivity index (χ4v) is 3.16. The second kappa shape index (κ2) is 10.3. The van der Waals surface area contributed by atoms with E-state index in [2.05, 4.69) is 20.9 Å². The predicted octanol–water partition coefficient (Wildman–Crippen LogP) is 1.47. The largest absolute Gasteiger partial charge is 0.336 e. The zero-order chi connectivity index (χ0) is 19.2. The van der Waals surface area contributed by atoms with Crippen molar-refractivity contribution >= 4 is 35.9 Å². The van der Waals surface area contributed by atoms with Gasteiger partial charge >= 0.3 is 6.03 Å². The lowest BCUT2D eigenvalue weighted by atomic mass is 10.1. The molecule has 0 aliphatic carbocycles. The fraction of sp³-hybridized carbons (Fsp3) is 0.389. The van der Waals surface area contributed by atoms with Gasteiger partial charge in [-0.1, -0.05) is 23.7 Å². The number of urea groups is 1. The molecule has 2 aromatic rings. The van der Waals surface area contributed by atoms with Crippen LogP contribution in [0.3, 0.4) is 0 Å². The number of amides is 3. The Kier molecular flexibility index (Phi) is 8.10.